The van der Waals surface area contributed by atoms with Gasteiger partial charge < -0.3 is 10.6 Å². The maximum Gasteiger partial charge on any atom is 0.249 e. The first kappa shape index (κ1) is 14.9. The molecule has 2 rings (SSSR count). The summed E-state index contributed by atoms with van der Waals surface area (Å²) in [7, 11) is 0. The summed E-state index contributed by atoms with van der Waals surface area (Å²) < 4.78 is 0. The molecule has 1 aromatic rings. The molecule has 1 amide bonds. The molecule has 0 radical (unpaired) electrons. The highest BCUT2D eigenvalue weighted by Gasteiger charge is 2.22. The molecule has 1 saturated heterocycles. The van der Waals surface area contributed by atoms with Crippen molar-refractivity contribution >= 4 is 11.6 Å². The number of carbonyl (C=O) groups excluding carboxylic acids is 1. The van der Waals surface area contributed by atoms with E-state index in [0.717, 1.165) is 31.7 Å². The molecule has 2 N–H and O–H groups in total. The molecule has 0 saturated carbocycles. The number of benzene rings is 1. The van der Waals surface area contributed by atoms with Gasteiger partial charge in [-0.25, -0.2) is 0 Å². The smallest absolute Gasteiger partial charge is 0.249 e. The first-order valence-corrected chi connectivity index (χ1v) is 7.30. The summed E-state index contributed by atoms with van der Waals surface area (Å²) >= 11 is 0. The van der Waals surface area contributed by atoms with Crippen LogP contribution in [0.3, 0.4) is 0 Å². The minimum atomic E-state index is -0.343. The fourth-order valence-corrected chi connectivity index (χ4v) is 3.05. The Balaban J connectivity index is 2.26. The average molecular weight is 275 g/mol. The monoisotopic (exact) mass is 275 g/mol. The highest BCUT2D eigenvalue weighted by Crippen LogP contribution is 2.28. The van der Waals surface area contributed by atoms with Crippen molar-refractivity contribution in [2.75, 3.05) is 31.1 Å². The molecule has 4 nitrogen and oxygen atoms in total. The van der Waals surface area contributed by atoms with E-state index in [0.29, 0.717) is 11.6 Å². The van der Waals surface area contributed by atoms with Gasteiger partial charge in [0.15, 0.2) is 0 Å². The maximum absolute atomic E-state index is 11.5. The second-order valence-electron chi connectivity index (χ2n) is 5.88. The molecule has 0 unspecified atom stereocenters. The largest absolute Gasteiger partial charge is 0.369 e. The third-order valence-electron chi connectivity index (χ3n) is 4.26. The van der Waals surface area contributed by atoms with Gasteiger partial charge in [-0.3, -0.25) is 9.69 Å². The Bertz CT molecular complexity index is 503. The van der Waals surface area contributed by atoms with E-state index in [1.165, 1.54) is 11.3 Å². The van der Waals surface area contributed by atoms with Crippen LogP contribution in [0.15, 0.2) is 12.1 Å². The standard InChI is InChI=1S/C16H25N3O/c1-11(2)18-7-9-19(10-8-18)15-12(3)5-6-14(13(15)4)16(17)20/h5-6,11H,7-10H2,1-4H3,(H2,17,20). The molecule has 1 aromatic carbocycles. The van der Waals surface area contributed by atoms with Crippen LogP contribution >= 0.6 is 0 Å². The number of nitrogens with two attached hydrogens (primary N) is 1. The van der Waals surface area contributed by atoms with Crippen LogP contribution in [0.25, 0.3) is 0 Å². The highest BCUT2D eigenvalue weighted by atomic mass is 16.1. The Labute approximate surface area is 121 Å². The molecule has 0 atom stereocenters. The first-order chi connectivity index (χ1) is 9.41. The SMILES string of the molecule is Cc1ccc(C(N)=O)c(C)c1N1CCN(C(C)C)CC1. The molecule has 1 fully saturated rings. The van der Waals surface area contributed by atoms with Crippen LogP contribution in [0.2, 0.25) is 0 Å². The number of piperazine rings is 1. The van der Waals surface area contributed by atoms with Gasteiger partial charge in [-0.15, -0.1) is 0 Å². The van der Waals surface area contributed by atoms with Crippen LogP contribution in [0.1, 0.15) is 35.3 Å². The van der Waals surface area contributed by atoms with E-state index in [2.05, 4.69) is 30.6 Å². The molecule has 1 heterocycles. The maximum atomic E-state index is 11.5. The Hall–Kier alpha value is -1.55. The van der Waals surface area contributed by atoms with Crippen LogP contribution in [0.4, 0.5) is 5.69 Å². The van der Waals surface area contributed by atoms with Gasteiger partial charge in [0, 0.05) is 43.5 Å². The van der Waals surface area contributed by atoms with E-state index >= 15 is 0 Å². The summed E-state index contributed by atoms with van der Waals surface area (Å²) in [6.07, 6.45) is 0. The van der Waals surface area contributed by atoms with Crippen molar-refractivity contribution in [3.63, 3.8) is 0 Å². The molecule has 0 aromatic heterocycles. The Morgan fingerprint density at radius 2 is 1.75 bits per heavy atom. The number of hydrogen-bond acceptors (Lipinski definition) is 3. The zero-order valence-electron chi connectivity index (χ0n) is 12.9. The van der Waals surface area contributed by atoms with E-state index in [-0.39, 0.29) is 5.91 Å². The minimum Gasteiger partial charge on any atom is -0.369 e. The van der Waals surface area contributed by atoms with E-state index in [1.807, 2.05) is 19.1 Å². The zero-order chi connectivity index (χ0) is 14.9. The van der Waals surface area contributed by atoms with Gasteiger partial charge in [-0.05, 0) is 44.9 Å². The van der Waals surface area contributed by atoms with E-state index in [4.69, 9.17) is 5.73 Å². The van der Waals surface area contributed by atoms with Crippen molar-refractivity contribution in [1.29, 1.82) is 0 Å². The predicted octanol–water partition coefficient (Wildman–Crippen LogP) is 1.93. The topological polar surface area (TPSA) is 49.6 Å². The number of primary amides is 1. The quantitative estimate of drug-likeness (QED) is 0.917. The molecular formula is C16H25N3O. The summed E-state index contributed by atoms with van der Waals surface area (Å²) in [6, 6.07) is 4.43. The highest BCUT2D eigenvalue weighted by molar-refractivity contribution is 5.96. The van der Waals surface area contributed by atoms with Gasteiger partial charge >= 0.3 is 0 Å². The molecule has 1 aliphatic rings. The number of aryl methyl sites for hydroxylation is 1. The van der Waals surface area contributed by atoms with Crippen LogP contribution in [-0.4, -0.2) is 43.0 Å². The first-order valence-electron chi connectivity index (χ1n) is 7.30. The van der Waals surface area contributed by atoms with Crippen LogP contribution in [0, 0.1) is 13.8 Å². The second-order valence-corrected chi connectivity index (χ2v) is 5.88. The van der Waals surface area contributed by atoms with Crippen molar-refractivity contribution in [2.24, 2.45) is 5.73 Å². The Morgan fingerprint density at radius 3 is 2.25 bits per heavy atom. The third-order valence-corrected chi connectivity index (χ3v) is 4.26. The van der Waals surface area contributed by atoms with Crippen molar-refractivity contribution in [2.45, 2.75) is 33.7 Å². The lowest BCUT2D eigenvalue weighted by Gasteiger charge is -2.39. The fraction of sp³-hybridized carbons (Fsp3) is 0.562. The number of rotatable bonds is 3. The number of amides is 1. The number of hydrogen-bond donors (Lipinski definition) is 1. The predicted molar refractivity (Wildman–Crippen MR) is 83.4 cm³/mol. The van der Waals surface area contributed by atoms with Gasteiger partial charge in [0.1, 0.15) is 0 Å². The summed E-state index contributed by atoms with van der Waals surface area (Å²) in [6.45, 7) is 12.7. The summed E-state index contributed by atoms with van der Waals surface area (Å²) in [5.41, 5.74) is 9.50. The van der Waals surface area contributed by atoms with Crippen molar-refractivity contribution < 1.29 is 4.79 Å². The molecule has 1 aliphatic heterocycles. The molecule has 0 aliphatic carbocycles. The summed E-state index contributed by atoms with van der Waals surface area (Å²) in [4.78, 5) is 16.4. The van der Waals surface area contributed by atoms with Crippen LogP contribution in [-0.2, 0) is 0 Å². The molecule has 20 heavy (non-hydrogen) atoms. The summed E-state index contributed by atoms with van der Waals surface area (Å²) in [5.74, 6) is -0.343. The molecule has 0 bridgehead atoms. The minimum absolute atomic E-state index is 0.343. The fourth-order valence-electron chi connectivity index (χ4n) is 3.05. The van der Waals surface area contributed by atoms with Gasteiger partial charge in [0.25, 0.3) is 0 Å². The number of anilines is 1. The van der Waals surface area contributed by atoms with E-state index in [9.17, 15) is 4.79 Å². The zero-order valence-corrected chi connectivity index (χ0v) is 12.9. The Morgan fingerprint density at radius 1 is 1.15 bits per heavy atom. The number of nitrogens with zero attached hydrogens (tertiary/aromatic N) is 2. The van der Waals surface area contributed by atoms with Crippen molar-refractivity contribution in [3.8, 4) is 0 Å². The van der Waals surface area contributed by atoms with Crippen molar-refractivity contribution in [3.05, 3.63) is 28.8 Å². The molecule has 0 spiro atoms. The van der Waals surface area contributed by atoms with Gasteiger partial charge in [0.2, 0.25) is 5.91 Å². The van der Waals surface area contributed by atoms with Crippen molar-refractivity contribution in [1.82, 2.24) is 4.90 Å². The van der Waals surface area contributed by atoms with Gasteiger partial charge in [-0.2, -0.15) is 0 Å². The number of carbonyl (C=O) groups is 1. The second kappa shape index (κ2) is 5.83. The lowest BCUT2D eigenvalue weighted by atomic mass is 10.0. The lowest BCUT2D eigenvalue weighted by Crippen LogP contribution is -2.49. The van der Waals surface area contributed by atoms with E-state index < -0.39 is 0 Å². The normalized spacial score (nSPS) is 16.8. The van der Waals surface area contributed by atoms with Gasteiger partial charge in [-0.1, -0.05) is 6.07 Å². The molecule has 110 valence electrons. The van der Waals surface area contributed by atoms with E-state index in [1.54, 1.807) is 0 Å². The lowest BCUT2D eigenvalue weighted by molar-refractivity contribution is 0.0999. The summed E-state index contributed by atoms with van der Waals surface area (Å²) in [5, 5.41) is 0. The average Bonchev–Trinajstić information content (AvgIpc) is 2.38. The molecule has 4 heteroatoms. The van der Waals surface area contributed by atoms with Gasteiger partial charge in [0.05, 0.1) is 0 Å². The third kappa shape index (κ3) is 2.80. The Kier molecular flexibility index (Phi) is 4.33. The van der Waals surface area contributed by atoms with Crippen LogP contribution in [0.5, 0.6) is 0 Å². The van der Waals surface area contributed by atoms with Crippen LogP contribution < -0.4 is 10.6 Å². The molecular weight excluding hydrogens is 250 g/mol.